The van der Waals surface area contributed by atoms with Crippen molar-refractivity contribution in [1.82, 2.24) is 4.90 Å². The highest BCUT2D eigenvalue weighted by Crippen LogP contribution is 2.21. The zero-order chi connectivity index (χ0) is 13.5. The van der Waals surface area contributed by atoms with Crippen LogP contribution in [-0.2, 0) is 10.5 Å². The molecule has 1 unspecified atom stereocenters. The standard InChI is InChI=1S/C16H23NOS/c1-2-15-10-6-7-11-17(15)16(18)13-19-12-14-8-4-3-5-9-14/h3-5,8-9,15H,2,6-7,10-13H2,1H3. The van der Waals surface area contributed by atoms with Crippen molar-refractivity contribution in [1.29, 1.82) is 0 Å². The van der Waals surface area contributed by atoms with Crippen molar-refractivity contribution in [3.8, 4) is 0 Å². The van der Waals surface area contributed by atoms with Crippen LogP contribution in [-0.4, -0.2) is 29.1 Å². The van der Waals surface area contributed by atoms with E-state index in [1.807, 2.05) is 6.07 Å². The van der Waals surface area contributed by atoms with Gasteiger partial charge < -0.3 is 4.90 Å². The molecule has 1 saturated heterocycles. The zero-order valence-electron chi connectivity index (χ0n) is 11.7. The highest BCUT2D eigenvalue weighted by Gasteiger charge is 2.24. The van der Waals surface area contributed by atoms with E-state index in [0.29, 0.717) is 17.7 Å². The van der Waals surface area contributed by atoms with Gasteiger partial charge in [0.05, 0.1) is 5.75 Å². The quantitative estimate of drug-likeness (QED) is 0.817. The maximum Gasteiger partial charge on any atom is 0.232 e. The Morgan fingerprint density at radius 1 is 1.32 bits per heavy atom. The minimum atomic E-state index is 0.326. The molecule has 1 atom stereocenters. The van der Waals surface area contributed by atoms with E-state index < -0.39 is 0 Å². The summed E-state index contributed by atoms with van der Waals surface area (Å²) in [5, 5.41) is 0. The van der Waals surface area contributed by atoms with Crippen LogP contribution in [0.15, 0.2) is 30.3 Å². The molecule has 1 aliphatic heterocycles. The number of rotatable bonds is 5. The number of hydrogen-bond donors (Lipinski definition) is 0. The predicted octanol–water partition coefficient (Wildman–Crippen LogP) is 3.71. The molecular weight excluding hydrogens is 254 g/mol. The molecule has 3 heteroatoms. The Morgan fingerprint density at radius 2 is 2.11 bits per heavy atom. The fourth-order valence-corrected chi connectivity index (χ4v) is 3.54. The molecule has 19 heavy (non-hydrogen) atoms. The summed E-state index contributed by atoms with van der Waals surface area (Å²) in [7, 11) is 0. The number of amides is 1. The molecule has 1 aliphatic rings. The van der Waals surface area contributed by atoms with E-state index in [0.717, 1.165) is 18.7 Å². The van der Waals surface area contributed by atoms with Crippen molar-refractivity contribution in [3.05, 3.63) is 35.9 Å². The second kappa shape index (κ2) is 7.59. The van der Waals surface area contributed by atoms with E-state index in [2.05, 4.69) is 36.1 Å². The fourth-order valence-electron chi connectivity index (χ4n) is 2.67. The third-order valence-electron chi connectivity index (χ3n) is 3.76. The minimum Gasteiger partial charge on any atom is -0.339 e. The van der Waals surface area contributed by atoms with E-state index in [4.69, 9.17) is 0 Å². The van der Waals surface area contributed by atoms with Crippen LogP contribution in [0.5, 0.6) is 0 Å². The molecule has 1 aromatic carbocycles. The SMILES string of the molecule is CCC1CCCCN1C(=O)CSCc1ccccc1. The molecular formula is C16H23NOS. The van der Waals surface area contributed by atoms with Crippen molar-refractivity contribution in [2.24, 2.45) is 0 Å². The smallest absolute Gasteiger partial charge is 0.232 e. The molecule has 0 N–H and O–H groups in total. The summed E-state index contributed by atoms with van der Waals surface area (Å²) in [4.78, 5) is 14.4. The molecule has 1 fully saturated rings. The normalized spacial score (nSPS) is 19.4. The molecule has 1 amide bonds. The van der Waals surface area contributed by atoms with Crippen molar-refractivity contribution >= 4 is 17.7 Å². The lowest BCUT2D eigenvalue weighted by atomic mass is 10.0. The third-order valence-corrected chi connectivity index (χ3v) is 4.74. The summed E-state index contributed by atoms with van der Waals surface area (Å²) >= 11 is 1.73. The molecule has 0 aliphatic carbocycles. The van der Waals surface area contributed by atoms with Gasteiger partial charge in [-0.3, -0.25) is 4.79 Å². The molecule has 2 rings (SSSR count). The maximum atomic E-state index is 12.3. The zero-order valence-corrected chi connectivity index (χ0v) is 12.5. The van der Waals surface area contributed by atoms with Gasteiger partial charge in [-0.15, -0.1) is 11.8 Å². The summed E-state index contributed by atoms with van der Waals surface area (Å²) in [6.07, 6.45) is 4.73. The third kappa shape index (κ3) is 4.27. The van der Waals surface area contributed by atoms with Gasteiger partial charge in [-0.05, 0) is 31.2 Å². The van der Waals surface area contributed by atoms with Crippen molar-refractivity contribution in [2.75, 3.05) is 12.3 Å². The molecule has 104 valence electrons. The number of hydrogen-bond acceptors (Lipinski definition) is 2. The van der Waals surface area contributed by atoms with Crippen LogP contribution in [0.2, 0.25) is 0 Å². The van der Waals surface area contributed by atoms with Gasteiger partial charge in [-0.25, -0.2) is 0 Å². The van der Waals surface area contributed by atoms with Crippen LogP contribution < -0.4 is 0 Å². The lowest BCUT2D eigenvalue weighted by Gasteiger charge is -2.35. The molecule has 1 heterocycles. The summed E-state index contributed by atoms with van der Waals surface area (Å²) in [6, 6.07) is 10.9. The molecule has 0 saturated carbocycles. The van der Waals surface area contributed by atoms with Crippen LogP contribution >= 0.6 is 11.8 Å². The van der Waals surface area contributed by atoms with Gasteiger partial charge in [0.1, 0.15) is 0 Å². The highest BCUT2D eigenvalue weighted by atomic mass is 32.2. The van der Waals surface area contributed by atoms with Crippen LogP contribution in [0.3, 0.4) is 0 Å². The topological polar surface area (TPSA) is 20.3 Å². The first-order valence-electron chi connectivity index (χ1n) is 7.22. The van der Waals surface area contributed by atoms with E-state index in [1.54, 1.807) is 11.8 Å². The lowest BCUT2D eigenvalue weighted by molar-refractivity contribution is -0.132. The van der Waals surface area contributed by atoms with Gasteiger partial charge in [-0.1, -0.05) is 37.3 Å². The molecule has 0 spiro atoms. The van der Waals surface area contributed by atoms with Crippen LogP contribution in [0.1, 0.15) is 38.2 Å². The van der Waals surface area contributed by atoms with Crippen LogP contribution in [0.4, 0.5) is 0 Å². The Labute approximate surface area is 120 Å². The number of thioether (sulfide) groups is 1. The van der Waals surface area contributed by atoms with Gasteiger partial charge in [0.15, 0.2) is 0 Å². The fraction of sp³-hybridized carbons (Fsp3) is 0.562. The van der Waals surface area contributed by atoms with E-state index in [9.17, 15) is 4.79 Å². The number of benzene rings is 1. The number of piperidine rings is 1. The Balaban J connectivity index is 1.77. The van der Waals surface area contributed by atoms with Gasteiger partial charge in [0.25, 0.3) is 0 Å². The Morgan fingerprint density at radius 3 is 2.84 bits per heavy atom. The highest BCUT2D eigenvalue weighted by molar-refractivity contribution is 7.99. The van der Waals surface area contributed by atoms with Gasteiger partial charge in [0, 0.05) is 18.3 Å². The second-order valence-corrected chi connectivity index (χ2v) is 6.11. The summed E-state index contributed by atoms with van der Waals surface area (Å²) in [5.74, 6) is 1.87. The summed E-state index contributed by atoms with van der Waals surface area (Å²) < 4.78 is 0. The first-order chi connectivity index (χ1) is 9.31. The first-order valence-corrected chi connectivity index (χ1v) is 8.38. The maximum absolute atomic E-state index is 12.3. The summed E-state index contributed by atoms with van der Waals surface area (Å²) in [5.41, 5.74) is 1.30. The summed E-state index contributed by atoms with van der Waals surface area (Å²) in [6.45, 7) is 3.15. The molecule has 2 nitrogen and oxygen atoms in total. The van der Waals surface area contributed by atoms with Gasteiger partial charge in [0.2, 0.25) is 5.91 Å². The molecule has 0 bridgehead atoms. The first kappa shape index (κ1) is 14.4. The number of nitrogens with zero attached hydrogens (tertiary/aromatic N) is 1. The van der Waals surface area contributed by atoms with Crippen LogP contribution in [0.25, 0.3) is 0 Å². The monoisotopic (exact) mass is 277 g/mol. The Kier molecular flexibility index (Phi) is 5.77. The van der Waals surface area contributed by atoms with E-state index in [-0.39, 0.29) is 0 Å². The number of carbonyl (C=O) groups excluding carboxylic acids is 1. The number of likely N-dealkylation sites (tertiary alicyclic amines) is 1. The van der Waals surface area contributed by atoms with Gasteiger partial charge in [-0.2, -0.15) is 0 Å². The second-order valence-electron chi connectivity index (χ2n) is 5.12. The average molecular weight is 277 g/mol. The van der Waals surface area contributed by atoms with Crippen molar-refractivity contribution < 1.29 is 4.79 Å². The lowest BCUT2D eigenvalue weighted by Crippen LogP contribution is -2.44. The molecule has 0 radical (unpaired) electrons. The Hall–Kier alpha value is -0.960. The minimum absolute atomic E-state index is 0.326. The predicted molar refractivity (Wildman–Crippen MR) is 82.2 cm³/mol. The van der Waals surface area contributed by atoms with Gasteiger partial charge >= 0.3 is 0 Å². The van der Waals surface area contributed by atoms with Crippen molar-refractivity contribution in [2.45, 2.75) is 44.4 Å². The molecule has 0 aromatic heterocycles. The van der Waals surface area contributed by atoms with Crippen LogP contribution in [0, 0.1) is 0 Å². The number of carbonyl (C=O) groups is 1. The molecule has 1 aromatic rings. The average Bonchev–Trinajstić information content (AvgIpc) is 2.48. The van der Waals surface area contributed by atoms with Crippen molar-refractivity contribution in [3.63, 3.8) is 0 Å². The Bertz CT molecular complexity index is 393. The van der Waals surface area contributed by atoms with E-state index >= 15 is 0 Å². The largest absolute Gasteiger partial charge is 0.339 e. The van der Waals surface area contributed by atoms with E-state index in [1.165, 1.54) is 24.8 Å².